The maximum atomic E-state index is 12.0. The van der Waals surface area contributed by atoms with E-state index < -0.39 is 23.7 Å². The van der Waals surface area contributed by atoms with Gasteiger partial charge in [-0.15, -0.1) is 0 Å². The van der Waals surface area contributed by atoms with Crippen LogP contribution >= 0.6 is 0 Å². The Morgan fingerprint density at radius 3 is 2.53 bits per heavy atom. The van der Waals surface area contributed by atoms with Gasteiger partial charge in [0.05, 0.1) is 19.6 Å². The van der Waals surface area contributed by atoms with Crippen molar-refractivity contribution in [3.05, 3.63) is 0 Å². The molecule has 1 aliphatic heterocycles. The summed E-state index contributed by atoms with van der Waals surface area (Å²) in [5.74, 6) is -1.16. The number of carbonyl (C=O) groups excluding carboxylic acids is 2. The summed E-state index contributed by atoms with van der Waals surface area (Å²) in [6.07, 6.45) is -0.212. The molecule has 1 heterocycles. The summed E-state index contributed by atoms with van der Waals surface area (Å²) in [5, 5.41) is 13.1. The van der Waals surface area contributed by atoms with E-state index in [1.54, 1.807) is 20.8 Å². The quantitative estimate of drug-likeness (QED) is 0.716. The topological polar surface area (TPSA) is 84.9 Å². The van der Waals surface area contributed by atoms with E-state index in [0.29, 0.717) is 13.0 Å². The first-order chi connectivity index (χ1) is 8.74. The molecule has 2 N–H and O–H groups in total. The van der Waals surface area contributed by atoms with Crippen molar-refractivity contribution in [1.29, 1.82) is 0 Å². The molecule has 6 heteroatoms. The lowest BCUT2D eigenvalue weighted by Gasteiger charge is -2.35. The van der Waals surface area contributed by atoms with Gasteiger partial charge in [-0.2, -0.15) is 0 Å². The second-order valence-corrected chi connectivity index (χ2v) is 5.78. The molecule has 1 aliphatic rings. The molecule has 0 saturated carbocycles. The summed E-state index contributed by atoms with van der Waals surface area (Å²) in [4.78, 5) is 23.2. The van der Waals surface area contributed by atoms with E-state index in [2.05, 4.69) is 10.1 Å². The minimum atomic E-state index is -0.942. The van der Waals surface area contributed by atoms with E-state index in [1.807, 2.05) is 0 Å². The third-order valence-corrected chi connectivity index (χ3v) is 3.02. The molecule has 0 amide bonds. The maximum absolute atomic E-state index is 12.0. The van der Waals surface area contributed by atoms with Crippen LogP contribution in [0.15, 0.2) is 0 Å². The number of hydrogen-bond donors (Lipinski definition) is 2. The summed E-state index contributed by atoms with van der Waals surface area (Å²) < 4.78 is 9.84. The Kier molecular flexibility index (Phi) is 5.31. The average molecular weight is 273 g/mol. The Morgan fingerprint density at radius 1 is 1.37 bits per heavy atom. The number of ether oxygens (including phenoxy) is 2. The summed E-state index contributed by atoms with van der Waals surface area (Å²) in [6, 6.07) is -0.789. The van der Waals surface area contributed by atoms with E-state index in [0.717, 1.165) is 0 Å². The van der Waals surface area contributed by atoms with Gasteiger partial charge < -0.3 is 19.9 Å². The fourth-order valence-electron chi connectivity index (χ4n) is 2.10. The zero-order chi connectivity index (χ0) is 14.6. The molecule has 1 saturated heterocycles. The first kappa shape index (κ1) is 15.9. The fourth-order valence-corrected chi connectivity index (χ4v) is 2.10. The molecule has 0 aromatic heterocycles. The molecule has 0 aromatic carbocycles. The van der Waals surface area contributed by atoms with Gasteiger partial charge in [0.15, 0.2) is 0 Å². The van der Waals surface area contributed by atoms with Gasteiger partial charge in [0.1, 0.15) is 11.6 Å². The second kappa shape index (κ2) is 6.34. The molecule has 0 spiro atoms. The normalized spacial score (nSPS) is 27.7. The van der Waals surface area contributed by atoms with Gasteiger partial charge in [-0.25, -0.2) is 0 Å². The smallest absolute Gasteiger partial charge is 0.326 e. The first-order valence-electron chi connectivity index (χ1n) is 6.45. The minimum Gasteiger partial charge on any atom is -0.469 e. The lowest BCUT2D eigenvalue weighted by atomic mass is 9.86. The monoisotopic (exact) mass is 273 g/mol. The van der Waals surface area contributed by atoms with Crippen LogP contribution in [-0.4, -0.2) is 48.4 Å². The van der Waals surface area contributed by atoms with Crippen LogP contribution in [0.1, 0.15) is 33.6 Å². The van der Waals surface area contributed by atoms with Crippen LogP contribution in [-0.2, 0) is 19.1 Å². The molecule has 0 radical (unpaired) electrons. The molecule has 3 atom stereocenters. The van der Waals surface area contributed by atoms with Gasteiger partial charge in [-0.1, -0.05) is 0 Å². The van der Waals surface area contributed by atoms with E-state index >= 15 is 0 Å². The number of rotatable bonds is 3. The van der Waals surface area contributed by atoms with Gasteiger partial charge >= 0.3 is 11.9 Å². The van der Waals surface area contributed by atoms with E-state index in [-0.39, 0.29) is 18.3 Å². The Hall–Kier alpha value is -1.14. The standard InChI is InChI=1S/C13H23NO5/c1-13(2,3)19-12(17)10-11(16)8(5-6-14-10)7-9(15)18-4/h8,10-11,14,16H,5-7H2,1-4H3. The lowest BCUT2D eigenvalue weighted by molar-refractivity contribution is -0.164. The summed E-state index contributed by atoms with van der Waals surface area (Å²) >= 11 is 0. The number of carbonyl (C=O) groups is 2. The number of aliphatic hydroxyl groups is 1. The second-order valence-electron chi connectivity index (χ2n) is 5.78. The SMILES string of the molecule is COC(=O)CC1CCNC(C(=O)OC(C)(C)C)C1O. The highest BCUT2D eigenvalue weighted by Crippen LogP contribution is 2.23. The lowest BCUT2D eigenvalue weighted by Crippen LogP contribution is -2.56. The highest BCUT2D eigenvalue weighted by molar-refractivity contribution is 5.77. The molecule has 0 aromatic rings. The van der Waals surface area contributed by atoms with Crippen molar-refractivity contribution in [2.75, 3.05) is 13.7 Å². The Balaban J connectivity index is 2.64. The van der Waals surface area contributed by atoms with Gasteiger partial charge in [0.2, 0.25) is 0 Å². The summed E-state index contributed by atoms with van der Waals surface area (Å²) in [7, 11) is 1.31. The molecular formula is C13H23NO5. The van der Waals surface area contributed by atoms with Gasteiger partial charge in [0, 0.05) is 0 Å². The number of esters is 2. The van der Waals surface area contributed by atoms with E-state index in [1.165, 1.54) is 7.11 Å². The molecule has 3 unspecified atom stereocenters. The van der Waals surface area contributed by atoms with Crippen LogP contribution < -0.4 is 5.32 Å². The van der Waals surface area contributed by atoms with Gasteiger partial charge in [-0.05, 0) is 39.7 Å². The predicted octanol–water partition coefficient (Wildman–Crippen LogP) is 0.230. The average Bonchev–Trinajstić information content (AvgIpc) is 2.29. The number of nitrogens with one attached hydrogen (secondary N) is 1. The Bertz CT molecular complexity index is 336. The van der Waals surface area contributed by atoms with E-state index in [9.17, 15) is 14.7 Å². The van der Waals surface area contributed by atoms with Crippen molar-refractivity contribution in [3.8, 4) is 0 Å². The van der Waals surface area contributed by atoms with Crippen LogP contribution in [0.3, 0.4) is 0 Å². The Labute approximate surface area is 113 Å². The van der Waals surface area contributed by atoms with Crippen molar-refractivity contribution in [2.24, 2.45) is 5.92 Å². The molecule has 110 valence electrons. The number of hydrogen-bond acceptors (Lipinski definition) is 6. The number of methoxy groups -OCH3 is 1. The molecule has 1 rings (SSSR count). The molecule has 6 nitrogen and oxygen atoms in total. The first-order valence-corrected chi connectivity index (χ1v) is 6.45. The van der Waals surface area contributed by atoms with Crippen molar-refractivity contribution in [1.82, 2.24) is 5.32 Å². The molecule has 0 aliphatic carbocycles. The van der Waals surface area contributed by atoms with Crippen LogP contribution in [0.25, 0.3) is 0 Å². The van der Waals surface area contributed by atoms with Crippen molar-refractivity contribution in [3.63, 3.8) is 0 Å². The predicted molar refractivity (Wildman–Crippen MR) is 68.4 cm³/mol. The zero-order valence-electron chi connectivity index (χ0n) is 11.9. The maximum Gasteiger partial charge on any atom is 0.326 e. The minimum absolute atomic E-state index is 0.110. The molecular weight excluding hydrogens is 250 g/mol. The van der Waals surface area contributed by atoms with Crippen LogP contribution in [0.5, 0.6) is 0 Å². The van der Waals surface area contributed by atoms with Crippen LogP contribution in [0, 0.1) is 5.92 Å². The summed E-state index contributed by atoms with van der Waals surface area (Å²) in [5.41, 5.74) is -0.603. The molecule has 0 bridgehead atoms. The Morgan fingerprint density at radius 2 is 2.00 bits per heavy atom. The van der Waals surface area contributed by atoms with Crippen molar-refractivity contribution in [2.45, 2.75) is 51.4 Å². The number of aliphatic hydroxyl groups excluding tert-OH is 1. The number of piperidine rings is 1. The highest BCUT2D eigenvalue weighted by Gasteiger charge is 2.39. The summed E-state index contributed by atoms with van der Waals surface area (Å²) in [6.45, 7) is 5.87. The van der Waals surface area contributed by atoms with Crippen LogP contribution in [0.4, 0.5) is 0 Å². The fraction of sp³-hybridized carbons (Fsp3) is 0.846. The van der Waals surface area contributed by atoms with Crippen LogP contribution in [0.2, 0.25) is 0 Å². The van der Waals surface area contributed by atoms with Crippen molar-refractivity contribution < 1.29 is 24.2 Å². The third kappa shape index (κ3) is 4.80. The van der Waals surface area contributed by atoms with E-state index in [4.69, 9.17) is 4.74 Å². The van der Waals surface area contributed by atoms with Gasteiger partial charge in [0.25, 0.3) is 0 Å². The van der Waals surface area contributed by atoms with Crippen molar-refractivity contribution >= 4 is 11.9 Å². The zero-order valence-corrected chi connectivity index (χ0v) is 11.9. The highest BCUT2D eigenvalue weighted by atomic mass is 16.6. The molecule has 1 fully saturated rings. The third-order valence-electron chi connectivity index (χ3n) is 3.02. The molecule has 19 heavy (non-hydrogen) atoms. The largest absolute Gasteiger partial charge is 0.469 e. The van der Waals surface area contributed by atoms with Gasteiger partial charge in [-0.3, -0.25) is 9.59 Å².